The first-order chi connectivity index (χ1) is 18.5. The maximum absolute atomic E-state index is 14.1. The van der Waals surface area contributed by atoms with Gasteiger partial charge in [0.05, 0.1) is 17.8 Å². The molecular formula is C27H36N6O5. The summed E-state index contributed by atoms with van der Waals surface area (Å²) in [6.07, 6.45) is 11.0. The van der Waals surface area contributed by atoms with Crippen molar-refractivity contribution in [3.8, 4) is 6.07 Å². The number of rotatable bonds is 8. The quantitative estimate of drug-likeness (QED) is 0.465. The van der Waals surface area contributed by atoms with Gasteiger partial charge in [-0.2, -0.15) is 5.26 Å². The Morgan fingerprint density at radius 3 is 2.63 bits per heavy atom. The largest absolute Gasteiger partial charge is 0.364 e. The van der Waals surface area contributed by atoms with Crippen molar-refractivity contribution in [1.29, 1.82) is 5.26 Å². The highest BCUT2D eigenvalue weighted by Crippen LogP contribution is 2.43. The van der Waals surface area contributed by atoms with Crippen LogP contribution in [0.25, 0.3) is 0 Å². The third kappa shape index (κ3) is 5.40. The average molecular weight is 525 g/mol. The molecule has 1 aromatic heterocycles. The summed E-state index contributed by atoms with van der Waals surface area (Å²) in [6.45, 7) is 1.05. The fourth-order valence-corrected chi connectivity index (χ4v) is 6.99. The van der Waals surface area contributed by atoms with E-state index in [-0.39, 0.29) is 53.4 Å². The van der Waals surface area contributed by atoms with Gasteiger partial charge < -0.3 is 25.4 Å². The molecule has 11 nitrogen and oxygen atoms in total. The number of hydrogen-bond donors (Lipinski definition) is 3. The van der Waals surface area contributed by atoms with E-state index in [1.54, 1.807) is 4.90 Å². The molecule has 0 radical (unpaired) electrons. The first-order valence-electron chi connectivity index (χ1n) is 13.9. The molecule has 2 saturated heterocycles. The van der Waals surface area contributed by atoms with Crippen LogP contribution < -0.4 is 16.0 Å². The molecule has 38 heavy (non-hydrogen) atoms. The molecule has 5 rings (SSSR count). The highest BCUT2D eigenvalue weighted by Gasteiger charge is 2.51. The van der Waals surface area contributed by atoms with Gasteiger partial charge in [-0.1, -0.05) is 30.8 Å². The van der Waals surface area contributed by atoms with Crippen LogP contribution in [0, 0.1) is 35.0 Å². The van der Waals surface area contributed by atoms with Gasteiger partial charge in [0.1, 0.15) is 24.4 Å². The van der Waals surface area contributed by atoms with Crippen LogP contribution in [-0.4, -0.2) is 64.9 Å². The molecule has 4 aliphatic rings. The van der Waals surface area contributed by atoms with E-state index in [9.17, 15) is 24.4 Å². The van der Waals surface area contributed by atoms with Crippen molar-refractivity contribution in [3.05, 3.63) is 18.0 Å². The first kappa shape index (κ1) is 26.2. The fourth-order valence-electron chi connectivity index (χ4n) is 6.99. The summed E-state index contributed by atoms with van der Waals surface area (Å²) in [6, 6.07) is -0.114. The minimum absolute atomic E-state index is 0.0167. The van der Waals surface area contributed by atoms with Gasteiger partial charge in [0.15, 0.2) is 0 Å². The SMILES string of the molecule is N#C[C@H](C[C@@H]1CCNC1=O)NC(=O)[C@@H]1[C@H]2CCC[C@H]2CN1C(=O)[C@@H](NC(=O)c1cnoc1)C1CCCCC1. The van der Waals surface area contributed by atoms with E-state index in [4.69, 9.17) is 4.52 Å². The molecule has 6 atom stereocenters. The normalized spacial score (nSPS) is 28.7. The summed E-state index contributed by atoms with van der Waals surface area (Å²) in [5, 5.41) is 21.9. The molecule has 2 saturated carbocycles. The number of aromatic nitrogens is 1. The lowest BCUT2D eigenvalue weighted by atomic mass is 9.83. The van der Waals surface area contributed by atoms with E-state index in [1.807, 2.05) is 0 Å². The second-order valence-electron chi connectivity index (χ2n) is 11.3. The minimum atomic E-state index is -0.809. The highest BCUT2D eigenvalue weighted by molar-refractivity contribution is 5.98. The van der Waals surface area contributed by atoms with E-state index in [2.05, 4.69) is 27.2 Å². The Morgan fingerprint density at radius 1 is 1.13 bits per heavy atom. The fraction of sp³-hybridized carbons (Fsp3) is 0.704. The average Bonchev–Trinajstić information content (AvgIpc) is 3.72. The molecular weight excluding hydrogens is 488 g/mol. The highest BCUT2D eigenvalue weighted by atomic mass is 16.5. The Bertz CT molecular complexity index is 1080. The smallest absolute Gasteiger partial charge is 0.256 e. The van der Waals surface area contributed by atoms with Gasteiger partial charge in [0.25, 0.3) is 5.91 Å². The monoisotopic (exact) mass is 524 g/mol. The molecule has 1 aromatic rings. The van der Waals surface area contributed by atoms with Gasteiger partial charge >= 0.3 is 0 Å². The standard InChI is InChI=1S/C27H36N6O5/c28-12-20(11-17-9-10-29-24(17)34)31-26(36)23-21-8-4-7-18(21)14-33(23)27(37)22(16-5-2-1-3-6-16)32-25(35)19-13-30-38-15-19/h13,15-18,20-23H,1-11,14H2,(H,29,34)(H,31,36)(H,32,35)/t17-,18-,20-,21-,22-,23-/m0/s1. The predicted molar refractivity (Wildman–Crippen MR) is 134 cm³/mol. The Morgan fingerprint density at radius 2 is 1.95 bits per heavy atom. The van der Waals surface area contributed by atoms with Gasteiger partial charge in [0, 0.05) is 19.0 Å². The molecule has 4 fully saturated rings. The zero-order valence-electron chi connectivity index (χ0n) is 21.6. The van der Waals surface area contributed by atoms with Crippen LogP contribution in [0.1, 0.15) is 74.6 Å². The van der Waals surface area contributed by atoms with Crippen LogP contribution in [0.2, 0.25) is 0 Å². The Hall–Kier alpha value is -3.42. The van der Waals surface area contributed by atoms with Crippen molar-refractivity contribution in [1.82, 2.24) is 26.0 Å². The van der Waals surface area contributed by atoms with E-state index in [1.165, 1.54) is 12.5 Å². The van der Waals surface area contributed by atoms with Crippen LogP contribution in [0.4, 0.5) is 0 Å². The van der Waals surface area contributed by atoms with Gasteiger partial charge in [-0.15, -0.1) is 0 Å². The summed E-state index contributed by atoms with van der Waals surface area (Å²) in [4.78, 5) is 54.4. The van der Waals surface area contributed by atoms with E-state index in [0.29, 0.717) is 19.5 Å². The Kier molecular flexibility index (Phi) is 7.95. The van der Waals surface area contributed by atoms with Crippen molar-refractivity contribution in [3.63, 3.8) is 0 Å². The van der Waals surface area contributed by atoms with Crippen molar-refractivity contribution in [2.45, 2.75) is 82.3 Å². The molecule has 4 amide bonds. The van der Waals surface area contributed by atoms with Crippen molar-refractivity contribution >= 4 is 23.6 Å². The van der Waals surface area contributed by atoms with Crippen LogP contribution >= 0.6 is 0 Å². The number of carbonyl (C=O) groups is 4. The summed E-state index contributed by atoms with van der Waals surface area (Å²) in [5.41, 5.74) is 0.249. The Balaban J connectivity index is 1.35. The van der Waals surface area contributed by atoms with Crippen molar-refractivity contribution in [2.75, 3.05) is 13.1 Å². The minimum Gasteiger partial charge on any atom is -0.364 e. The Labute approximate surface area is 222 Å². The second kappa shape index (κ2) is 11.5. The van der Waals surface area contributed by atoms with Crippen LogP contribution in [0.15, 0.2) is 17.0 Å². The summed E-state index contributed by atoms with van der Waals surface area (Å²) >= 11 is 0. The number of nitrogens with zero attached hydrogens (tertiary/aromatic N) is 3. The molecule has 204 valence electrons. The summed E-state index contributed by atoms with van der Waals surface area (Å²) in [7, 11) is 0. The molecule has 2 aliphatic carbocycles. The lowest BCUT2D eigenvalue weighted by Crippen LogP contribution is -2.58. The molecule has 3 heterocycles. The van der Waals surface area contributed by atoms with Crippen molar-refractivity contribution < 1.29 is 23.7 Å². The van der Waals surface area contributed by atoms with Gasteiger partial charge in [0.2, 0.25) is 17.7 Å². The van der Waals surface area contributed by atoms with Gasteiger partial charge in [-0.25, -0.2) is 0 Å². The van der Waals surface area contributed by atoms with Crippen LogP contribution in [0.5, 0.6) is 0 Å². The second-order valence-corrected chi connectivity index (χ2v) is 11.3. The van der Waals surface area contributed by atoms with E-state index >= 15 is 0 Å². The molecule has 2 aliphatic heterocycles. The van der Waals surface area contributed by atoms with Crippen LogP contribution in [-0.2, 0) is 14.4 Å². The van der Waals surface area contributed by atoms with E-state index < -0.39 is 24.0 Å². The summed E-state index contributed by atoms with van der Waals surface area (Å²) < 4.78 is 4.81. The number of amides is 4. The number of likely N-dealkylation sites (tertiary alicyclic amines) is 1. The molecule has 0 spiro atoms. The number of carbonyl (C=O) groups excluding carboxylic acids is 4. The summed E-state index contributed by atoms with van der Waals surface area (Å²) in [5.74, 6) is -1.17. The number of nitriles is 1. The molecule has 0 aromatic carbocycles. The number of hydrogen-bond acceptors (Lipinski definition) is 7. The van der Waals surface area contributed by atoms with Gasteiger partial charge in [-0.05, 0) is 56.3 Å². The molecule has 11 heteroatoms. The topological polar surface area (TPSA) is 157 Å². The number of fused-ring (bicyclic) bond motifs is 1. The van der Waals surface area contributed by atoms with Gasteiger partial charge in [-0.3, -0.25) is 19.2 Å². The molecule has 3 N–H and O–H groups in total. The third-order valence-corrected chi connectivity index (χ3v) is 8.97. The number of nitrogens with one attached hydrogen (secondary N) is 3. The van der Waals surface area contributed by atoms with Crippen molar-refractivity contribution in [2.24, 2.45) is 23.7 Å². The third-order valence-electron chi connectivity index (χ3n) is 8.97. The predicted octanol–water partition coefficient (Wildman–Crippen LogP) is 1.51. The zero-order chi connectivity index (χ0) is 26.6. The maximum atomic E-state index is 14.1. The maximum Gasteiger partial charge on any atom is 0.256 e. The molecule has 0 bridgehead atoms. The lowest BCUT2D eigenvalue weighted by molar-refractivity contribution is -0.142. The lowest BCUT2D eigenvalue weighted by Gasteiger charge is -2.35. The van der Waals surface area contributed by atoms with Crippen LogP contribution in [0.3, 0.4) is 0 Å². The van der Waals surface area contributed by atoms with E-state index in [0.717, 1.165) is 51.4 Å². The molecule has 0 unspecified atom stereocenters. The first-order valence-corrected chi connectivity index (χ1v) is 13.9. The zero-order valence-corrected chi connectivity index (χ0v) is 21.6.